The highest BCUT2D eigenvalue weighted by atomic mass is 16.5. The van der Waals surface area contributed by atoms with Gasteiger partial charge in [-0.25, -0.2) is 0 Å². The van der Waals surface area contributed by atoms with Crippen LogP contribution in [0.4, 0.5) is 0 Å². The van der Waals surface area contributed by atoms with E-state index in [1.165, 1.54) is 50.5 Å². The summed E-state index contributed by atoms with van der Waals surface area (Å²) in [5.74, 6) is 1.28. The van der Waals surface area contributed by atoms with E-state index in [0.29, 0.717) is 17.9 Å². The summed E-state index contributed by atoms with van der Waals surface area (Å²) in [6, 6.07) is 0. The van der Waals surface area contributed by atoms with Crippen LogP contribution in [0.15, 0.2) is 35.5 Å². The Bertz CT molecular complexity index is 526. The standard InChI is InChI=1S/C28H50O/c1-8-9-11-16-23(2)17-14-18-24(3)19-15-22-28(7)21-13-10-12-20-25(4)26(5)27(6)29-28/h10,12,17,19,25-27H,8-9,11,13-16,18,20-22H2,1-7H3/b12-10+,23-17+,24-19+. The van der Waals surface area contributed by atoms with Crippen LogP contribution in [0.1, 0.15) is 119 Å². The maximum atomic E-state index is 6.67. The van der Waals surface area contributed by atoms with E-state index in [1.807, 2.05) is 0 Å². The lowest BCUT2D eigenvalue weighted by molar-refractivity contribution is -0.110. The average Bonchev–Trinajstić information content (AvgIpc) is 2.66. The summed E-state index contributed by atoms with van der Waals surface area (Å²) in [4.78, 5) is 0. The highest BCUT2D eigenvalue weighted by molar-refractivity contribution is 5.04. The third-order valence-corrected chi connectivity index (χ3v) is 6.99. The van der Waals surface area contributed by atoms with Crippen LogP contribution in [-0.2, 0) is 4.74 Å². The third-order valence-electron chi connectivity index (χ3n) is 6.99. The molecule has 0 spiro atoms. The molecule has 0 bridgehead atoms. The lowest BCUT2D eigenvalue weighted by Gasteiger charge is -2.37. The second-order valence-corrected chi connectivity index (χ2v) is 9.99. The fourth-order valence-electron chi connectivity index (χ4n) is 4.32. The van der Waals surface area contributed by atoms with Gasteiger partial charge in [0.05, 0.1) is 11.7 Å². The number of rotatable bonds is 10. The molecule has 29 heavy (non-hydrogen) atoms. The quantitative estimate of drug-likeness (QED) is 0.261. The van der Waals surface area contributed by atoms with Crippen molar-refractivity contribution in [3.8, 4) is 0 Å². The van der Waals surface area contributed by atoms with E-state index in [-0.39, 0.29) is 5.60 Å². The van der Waals surface area contributed by atoms with Gasteiger partial charge in [-0.3, -0.25) is 0 Å². The molecule has 4 atom stereocenters. The van der Waals surface area contributed by atoms with Crippen LogP contribution in [0.2, 0.25) is 0 Å². The van der Waals surface area contributed by atoms with E-state index in [1.54, 1.807) is 5.57 Å². The number of allylic oxidation sites excluding steroid dienone is 6. The van der Waals surface area contributed by atoms with E-state index in [2.05, 4.69) is 72.8 Å². The predicted octanol–water partition coefficient (Wildman–Crippen LogP) is 9.20. The van der Waals surface area contributed by atoms with Crippen molar-refractivity contribution in [3.05, 3.63) is 35.5 Å². The minimum atomic E-state index is -0.0123. The Balaban J connectivity index is 2.50. The Hall–Kier alpha value is -0.820. The fraction of sp³-hybridized carbons (Fsp3) is 0.786. The molecule has 0 amide bonds. The van der Waals surface area contributed by atoms with E-state index < -0.39 is 0 Å². The second-order valence-electron chi connectivity index (χ2n) is 9.99. The zero-order chi connectivity index (χ0) is 21.7. The number of ether oxygens (including phenoxy) is 1. The molecule has 0 aliphatic carbocycles. The largest absolute Gasteiger partial charge is 0.372 e. The van der Waals surface area contributed by atoms with Crippen LogP contribution in [0, 0.1) is 11.8 Å². The SMILES string of the molecule is CCCCC/C(C)=C/CC/C(C)=C/CCC1(C)CC/C=C/CC(C)C(C)C(C)O1. The summed E-state index contributed by atoms with van der Waals surface area (Å²) < 4.78 is 6.67. The molecule has 0 aromatic carbocycles. The third kappa shape index (κ3) is 11.2. The second kappa shape index (κ2) is 14.2. The van der Waals surface area contributed by atoms with Gasteiger partial charge in [-0.05, 0) is 97.3 Å². The maximum Gasteiger partial charge on any atom is 0.0664 e. The van der Waals surface area contributed by atoms with E-state index in [4.69, 9.17) is 4.74 Å². The van der Waals surface area contributed by atoms with Gasteiger partial charge in [-0.2, -0.15) is 0 Å². The van der Waals surface area contributed by atoms with Gasteiger partial charge in [0.1, 0.15) is 0 Å². The monoisotopic (exact) mass is 402 g/mol. The summed E-state index contributed by atoms with van der Waals surface area (Å²) in [6.07, 6.45) is 23.4. The van der Waals surface area contributed by atoms with Crippen molar-refractivity contribution in [1.29, 1.82) is 0 Å². The van der Waals surface area contributed by atoms with Crippen molar-refractivity contribution in [3.63, 3.8) is 0 Å². The van der Waals surface area contributed by atoms with Crippen molar-refractivity contribution in [2.45, 2.75) is 131 Å². The zero-order valence-electron chi connectivity index (χ0n) is 20.7. The molecule has 0 fully saturated rings. The van der Waals surface area contributed by atoms with Gasteiger partial charge >= 0.3 is 0 Å². The molecule has 1 rings (SSSR count). The van der Waals surface area contributed by atoms with Crippen LogP contribution in [0.5, 0.6) is 0 Å². The van der Waals surface area contributed by atoms with Crippen LogP contribution in [0.25, 0.3) is 0 Å². The molecule has 0 radical (unpaired) electrons. The van der Waals surface area contributed by atoms with E-state index in [0.717, 1.165) is 25.7 Å². The molecule has 0 aromatic heterocycles. The first-order chi connectivity index (χ1) is 13.8. The normalized spacial score (nSPS) is 30.9. The molecule has 4 unspecified atom stereocenters. The van der Waals surface area contributed by atoms with Gasteiger partial charge in [0.2, 0.25) is 0 Å². The van der Waals surface area contributed by atoms with Crippen molar-refractivity contribution < 1.29 is 4.74 Å². The Labute approximate surface area is 183 Å². The fourth-order valence-corrected chi connectivity index (χ4v) is 4.32. The van der Waals surface area contributed by atoms with Gasteiger partial charge < -0.3 is 4.74 Å². The summed E-state index contributed by atoms with van der Waals surface area (Å²) in [5, 5.41) is 0. The summed E-state index contributed by atoms with van der Waals surface area (Å²) in [7, 11) is 0. The highest BCUT2D eigenvalue weighted by Gasteiger charge is 2.30. The van der Waals surface area contributed by atoms with E-state index in [9.17, 15) is 0 Å². The molecule has 1 aliphatic rings. The van der Waals surface area contributed by atoms with E-state index >= 15 is 0 Å². The summed E-state index contributed by atoms with van der Waals surface area (Å²) in [6.45, 7) is 16.2. The molecular weight excluding hydrogens is 352 g/mol. The molecule has 168 valence electrons. The van der Waals surface area contributed by atoms with Gasteiger partial charge in [0.25, 0.3) is 0 Å². The van der Waals surface area contributed by atoms with Gasteiger partial charge in [0.15, 0.2) is 0 Å². The minimum Gasteiger partial charge on any atom is -0.372 e. The Morgan fingerprint density at radius 3 is 2.41 bits per heavy atom. The topological polar surface area (TPSA) is 9.23 Å². The maximum absolute atomic E-state index is 6.67. The Kier molecular flexibility index (Phi) is 12.9. The average molecular weight is 403 g/mol. The smallest absolute Gasteiger partial charge is 0.0664 e. The summed E-state index contributed by atoms with van der Waals surface area (Å²) in [5.41, 5.74) is 3.09. The van der Waals surface area contributed by atoms with Crippen LogP contribution >= 0.6 is 0 Å². The minimum absolute atomic E-state index is 0.0123. The molecule has 1 nitrogen and oxygen atoms in total. The predicted molar refractivity (Wildman–Crippen MR) is 130 cm³/mol. The molecular formula is C28H50O. The first-order valence-corrected chi connectivity index (χ1v) is 12.4. The van der Waals surface area contributed by atoms with Gasteiger partial charge in [-0.1, -0.05) is 69.1 Å². The zero-order valence-corrected chi connectivity index (χ0v) is 20.7. The van der Waals surface area contributed by atoms with Crippen LogP contribution in [0.3, 0.4) is 0 Å². The van der Waals surface area contributed by atoms with Crippen LogP contribution in [-0.4, -0.2) is 11.7 Å². The van der Waals surface area contributed by atoms with Crippen molar-refractivity contribution in [1.82, 2.24) is 0 Å². The number of unbranched alkanes of at least 4 members (excludes halogenated alkanes) is 2. The number of hydrogen-bond acceptors (Lipinski definition) is 1. The van der Waals surface area contributed by atoms with Crippen molar-refractivity contribution in [2.24, 2.45) is 11.8 Å². The first-order valence-electron chi connectivity index (χ1n) is 12.4. The molecule has 1 heteroatoms. The Morgan fingerprint density at radius 1 is 1.00 bits per heavy atom. The molecule has 0 aromatic rings. The summed E-state index contributed by atoms with van der Waals surface area (Å²) >= 11 is 0. The highest BCUT2D eigenvalue weighted by Crippen LogP contribution is 2.32. The molecule has 0 saturated heterocycles. The number of hydrogen-bond donors (Lipinski definition) is 0. The lowest BCUT2D eigenvalue weighted by atomic mass is 9.86. The van der Waals surface area contributed by atoms with Gasteiger partial charge in [0, 0.05) is 0 Å². The molecule has 1 heterocycles. The van der Waals surface area contributed by atoms with Gasteiger partial charge in [-0.15, -0.1) is 0 Å². The van der Waals surface area contributed by atoms with Crippen LogP contribution < -0.4 is 0 Å². The molecule has 0 N–H and O–H groups in total. The van der Waals surface area contributed by atoms with Crippen molar-refractivity contribution in [2.75, 3.05) is 0 Å². The Morgan fingerprint density at radius 2 is 1.69 bits per heavy atom. The first kappa shape index (κ1) is 26.2. The van der Waals surface area contributed by atoms with Crippen molar-refractivity contribution >= 4 is 0 Å². The lowest BCUT2D eigenvalue weighted by Crippen LogP contribution is -2.37. The molecule has 1 aliphatic heterocycles. The molecule has 0 saturated carbocycles.